The maximum atomic E-state index is 9.64. The number of carboxylic acid groups (broad SMARTS) is 2. The van der Waals surface area contributed by atoms with E-state index < -0.39 is 11.9 Å². The molecular formula is C4H6Ag2O4. The molecule has 0 rings (SSSR count). The van der Waals surface area contributed by atoms with Gasteiger partial charge >= 0.3 is 11.9 Å². The minimum Gasteiger partial charge on any atom is -0.481 e. The molecule has 0 spiro atoms. The van der Waals surface area contributed by atoms with Crippen LogP contribution in [-0.4, -0.2) is 22.2 Å². The molecule has 0 aromatic rings. The SMILES string of the molecule is O=C(O)CCC(=O)O.[Ag].[Ag]. The molecule has 0 aromatic heterocycles. The van der Waals surface area contributed by atoms with E-state index in [9.17, 15) is 9.59 Å². The van der Waals surface area contributed by atoms with Gasteiger partial charge < -0.3 is 10.2 Å². The molecule has 2 radical (unpaired) electrons. The first-order valence-electron chi connectivity index (χ1n) is 2.06. The monoisotopic (exact) mass is 332 g/mol. The summed E-state index contributed by atoms with van der Waals surface area (Å²) in [4.78, 5) is 19.3. The molecule has 0 aliphatic heterocycles. The Labute approximate surface area is 89.0 Å². The molecule has 0 fully saturated rings. The number of carbonyl (C=O) groups is 2. The summed E-state index contributed by atoms with van der Waals surface area (Å²) in [7, 11) is 0. The average molecular weight is 334 g/mol. The van der Waals surface area contributed by atoms with Gasteiger partial charge in [0.15, 0.2) is 0 Å². The largest absolute Gasteiger partial charge is 0.481 e. The second-order valence-corrected chi connectivity index (χ2v) is 1.29. The zero-order valence-electron chi connectivity index (χ0n) is 4.73. The summed E-state index contributed by atoms with van der Waals surface area (Å²) in [5.74, 6) is -2.15. The van der Waals surface area contributed by atoms with E-state index >= 15 is 0 Å². The van der Waals surface area contributed by atoms with Crippen LogP contribution in [0, 0.1) is 0 Å². The Morgan fingerprint density at radius 1 is 0.900 bits per heavy atom. The molecule has 0 atom stereocenters. The van der Waals surface area contributed by atoms with Crippen molar-refractivity contribution in [3.8, 4) is 0 Å². The Morgan fingerprint density at radius 3 is 1.20 bits per heavy atom. The topological polar surface area (TPSA) is 74.6 Å². The standard InChI is InChI=1S/C4H6O4.2Ag/c5-3(6)1-2-4(7)8;;/h1-2H2,(H,5,6)(H,7,8);;. The number of rotatable bonds is 3. The van der Waals surface area contributed by atoms with Crippen molar-refractivity contribution in [3.63, 3.8) is 0 Å². The second-order valence-electron chi connectivity index (χ2n) is 1.29. The molecule has 0 saturated carbocycles. The third-order valence-electron chi connectivity index (χ3n) is 0.553. The molecule has 0 saturated heterocycles. The number of carboxylic acids is 2. The van der Waals surface area contributed by atoms with E-state index in [1.165, 1.54) is 0 Å². The van der Waals surface area contributed by atoms with E-state index in [4.69, 9.17) is 10.2 Å². The summed E-state index contributed by atoms with van der Waals surface area (Å²) < 4.78 is 0. The Morgan fingerprint density at radius 2 is 1.10 bits per heavy atom. The van der Waals surface area contributed by atoms with Gasteiger partial charge in [-0.3, -0.25) is 9.59 Å². The first-order chi connectivity index (χ1) is 3.63. The van der Waals surface area contributed by atoms with Crippen molar-refractivity contribution in [3.05, 3.63) is 0 Å². The van der Waals surface area contributed by atoms with E-state index in [1.807, 2.05) is 0 Å². The summed E-state index contributed by atoms with van der Waals surface area (Å²) in [6.07, 6.45) is -0.593. The number of hydrogen-bond donors (Lipinski definition) is 2. The van der Waals surface area contributed by atoms with Crippen LogP contribution >= 0.6 is 0 Å². The van der Waals surface area contributed by atoms with Gasteiger partial charge in [-0.25, -0.2) is 0 Å². The van der Waals surface area contributed by atoms with Crippen molar-refractivity contribution in [1.82, 2.24) is 0 Å². The van der Waals surface area contributed by atoms with Crippen LogP contribution < -0.4 is 0 Å². The minimum atomic E-state index is -1.08. The fraction of sp³-hybridized carbons (Fsp3) is 0.500. The maximum Gasteiger partial charge on any atom is 0.303 e. The van der Waals surface area contributed by atoms with Gasteiger partial charge in [-0.2, -0.15) is 0 Å². The molecule has 10 heavy (non-hydrogen) atoms. The van der Waals surface area contributed by atoms with E-state index in [2.05, 4.69) is 0 Å². The molecule has 4 nitrogen and oxygen atoms in total. The van der Waals surface area contributed by atoms with Gasteiger partial charge in [0.25, 0.3) is 0 Å². The van der Waals surface area contributed by atoms with Gasteiger partial charge in [-0.05, 0) is 0 Å². The first kappa shape index (κ1) is 16.8. The molecule has 0 heterocycles. The normalized spacial score (nSPS) is 6.80. The van der Waals surface area contributed by atoms with Crippen molar-refractivity contribution in [2.24, 2.45) is 0 Å². The summed E-state index contributed by atoms with van der Waals surface area (Å²) >= 11 is 0. The molecule has 0 aliphatic rings. The molecule has 0 amide bonds. The fourth-order valence-electron chi connectivity index (χ4n) is 0.214. The van der Waals surface area contributed by atoms with Crippen LogP contribution in [-0.2, 0) is 54.3 Å². The second kappa shape index (κ2) is 9.42. The molecule has 68 valence electrons. The zero-order chi connectivity index (χ0) is 6.57. The van der Waals surface area contributed by atoms with E-state index in [-0.39, 0.29) is 57.6 Å². The summed E-state index contributed by atoms with van der Waals surface area (Å²) in [5.41, 5.74) is 0. The van der Waals surface area contributed by atoms with Gasteiger partial charge in [0.05, 0.1) is 12.8 Å². The zero-order valence-corrected chi connectivity index (χ0v) is 7.69. The van der Waals surface area contributed by atoms with Gasteiger partial charge in [0.1, 0.15) is 0 Å². The quantitative estimate of drug-likeness (QED) is 0.709. The predicted octanol–water partition coefficient (Wildman–Crippen LogP) is -0.0692. The van der Waals surface area contributed by atoms with Gasteiger partial charge in [-0.1, -0.05) is 0 Å². The van der Waals surface area contributed by atoms with Crippen molar-refractivity contribution in [2.75, 3.05) is 0 Å². The smallest absolute Gasteiger partial charge is 0.303 e. The molecule has 0 aliphatic carbocycles. The molecular weight excluding hydrogens is 328 g/mol. The van der Waals surface area contributed by atoms with Gasteiger partial charge in [0.2, 0.25) is 0 Å². The maximum absolute atomic E-state index is 9.64. The third kappa shape index (κ3) is 15.8. The van der Waals surface area contributed by atoms with Gasteiger partial charge in [0, 0.05) is 44.8 Å². The van der Waals surface area contributed by atoms with Crippen LogP contribution in [0.1, 0.15) is 12.8 Å². The van der Waals surface area contributed by atoms with E-state index in [0.29, 0.717) is 0 Å². The van der Waals surface area contributed by atoms with Crippen molar-refractivity contribution in [2.45, 2.75) is 12.8 Å². The summed E-state index contributed by atoms with van der Waals surface area (Å²) in [5, 5.41) is 15.8. The molecule has 0 unspecified atom stereocenters. The molecule has 0 bridgehead atoms. The van der Waals surface area contributed by atoms with Gasteiger partial charge in [-0.15, -0.1) is 0 Å². The summed E-state index contributed by atoms with van der Waals surface area (Å²) in [6, 6.07) is 0. The van der Waals surface area contributed by atoms with E-state index in [1.54, 1.807) is 0 Å². The van der Waals surface area contributed by atoms with Crippen molar-refractivity contribution in [1.29, 1.82) is 0 Å². The molecule has 0 aromatic carbocycles. The predicted molar refractivity (Wildman–Crippen MR) is 24.5 cm³/mol. The van der Waals surface area contributed by atoms with Crippen molar-refractivity contribution >= 4 is 11.9 Å². The van der Waals surface area contributed by atoms with Crippen LogP contribution in [0.15, 0.2) is 0 Å². The van der Waals surface area contributed by atoms with Crippen molar-refractivity contribution < 1.29 is 64.6 Å². The first-order valence-corrected chi connectivity index (χ1v) is 2.06. The molecule has 2 N–H and O–H groups in total. The summed E-state index contributed by atoms with van der Waals surface area (Å²) in [6.45, 7) is 0. The Bertz CT molecular complexity index is 99.8. The molecule has 6 heteroatoms. The number of aliphatic carboxylic acids is 2. The van der Waals surface area contributed by atoms with Crippen LogP contribution in [0.5, 0.6) is 0 Å². The average Bonchev–Trinajstić information content (AvgIpc) is 1.61. The Hall–Kier alpha value is 0.421. The third-order valence-corrected chi connectivity index (χ3v) is 0.553. The van der Waals surface area contributed by atoms with Crippen LogP contribution in [0.25, 0.3) is 0 Å². The Kier molecular flexibility index (Phi) is 15.8. The Balaban J connectivity index is -0.000000245. The minimum absolute atomic E-state index is 0. The van der Waals surface area contributed by atoms with E-state index in [0.717, 1.165) is 0 Å². The van der Waals surface area contributed by atoms with Crippen LogP contribution in [0.2, 0.25) is 0 Å². The number of hydrogen-bond acceptors (Lipinski definition) is 2. The van der Waals surface area contributed by atoms with Crippen LogP contribution in [0.4, 0.5) is 0 Å². The van der Waals surface area contributed by atoms with Crippen LogP contribution in [0.3, 0.4) is 0 Å². The fourth-order valence-corrected chi connectivity index (χ4v) is 0.214.